The van der Waals surface area contributed by atoms with E-state index in [4.69, 9.17) is 35.4 Å². The number of carbonyl (C=O) groups is 2. The number of nitrogens with zero attached hydrogens (tertiary/aromatic N) is 2. The third-order valence-corrected chi connectivity index (χ3v) is 6.68. The highest BCUT2D eigenvalue weighted by Gasteiger charge is 2.34. The number of hydrogen-bond donors (Lipinski definition) is 1. The smallest absolute Gasteiger partial charge is 0.270 e. The van der Waals surface area contributed by atoms with E-state index >= 15 is 0 Å². The van der Waals surface area contributed by atoms with Crippen molar-refractivity contribution in [2.24, 2.45) is 0 Å². The molecule has 1 N–H and O–H groups in total. The minimum absolute atomic E-state index is 0.000947. The summed E-state index contributed by atoms with van der Waals surface area (Å²) in [6.07, 6.45) is 1.59. The Morgan fingerprint density at radius 3 is 2.32 bits per heavy atom. The van der Waals surface area contributed by atoms with E-state index in [0.29, 0.717) is 21.7 Å². The van der Waals surface area contributed by atoms with Gasteiger partial charge in [0.1, 0.15) is 5.57 Å². The average molecular weight is 512 g/mol. The van der Waals surface area contributed by atoms with E-state index in [1.807, 2.05) is 48.7 Å². The predicted molar refractivity (Wildman–Crippen MR) is 142 cm³/mol. The summed E-state index contributed by atoms with van der Waals surface area (Å²) in [5, 5.41) is 3.79. The monoisotopic (exact) mass is 511 g/mol. The van der Waals surface area contributed by atoms with Crippen LogP contribution in [0.1, 0.15) is 42.3 Å². The van der Waals surface area contributed by atoms with Gasteiger partial charge >= 0.3 is 0 Å². The lowest BCUT2D eigenvalue weighted by atomic mass is 10.0. The molecule has 5 nitrogen and oxygen atoms in total. The van der Waals surface area contributed by atoms with Gasteiger partial charge in [-0.2, -0.15) is 0 Å². The highest BCUT2D eigenvalue weighted by molar-refractivity contribution is 7.80. The Morgan fingerprint density at radius 2 is 1.68 bits per heavy atom. The van der Waals surface area contributed by atoms with Crippen LogP contribution in [0.5, 0.6) is 0 Å². The first kappa shape index (κ1) is 24.2. The first-order chi connectivity index (χ1) is 16.1. The normalized spacial score (nSPS) is 15.4. The minimum atomic E-state index is -0.532. The highest BCUT2D eigenvalue weighted by atomic mass is 35.5. The van der Waals surface area contributed by atoms with Crippen molar-refractivity contribution in [2.75, 3.05) is 4.90 Å². The molecule has 0 bridgehead atoms. The predicted octanol–water partition coefficient (Wildman–Crippen LogP) is 6.36. The summed E-state index contributed by atoms with van der Waals surface area (Å²) >= 11 is 17.9. The topological polar surface area (TPSA) is 54.3 Å². The second kappa shape index (κ2) is 9.37. The maximum atomic E-state index is 13.4. The zero-order valence-corrected chi connectivity index (χ0v) is 21.5. The molecule has 1 aliphatic heterocycles. The molecule has 3 aromatic rings. The van der Waals surface area contributed by atoms with Crippen LogP contribution >= 0.6 is 35.4 Å². The van der Waals surface area contributed by atoms with Crippen LogP contribution in [-0.4, -0.2) is 21.5 Å². The van der Waals surface area contributed by atoms with Crippen molar-refractivity contribution in [3.05, 3.63) is 86.7 Å². The molecule has 0 radical (unpaired) electrons. The summed E-state index contributed by atoms with van der Waals surface area (Å²) in [5.41, 5.74) is 4.88. The van der Waals surface area contributed by atoms with Crippen LogP contribution in [0.2, 0.25) is 10.0 Å². The molecule has 1 aliphatic rings. The number of aryl methyl sites for hydroxylation is 1. The standard InChI is InChI=1S/C26H23Cl2N3O2S/c1-14(2)17-5-8-20(9-6-17)31-25(33)21(24(32)29-26(31)34)12-18-11-15(3)30(16(18)4)23-13-19(27)7-10-22(23)28/h5-14H,1-4H3,(H,29,32,34)/b21-12+. The van der Waals surface area contributed by atoms with Crippen LogP contribution in [0, 0.1) is 13.8 Å². The Bertz CT molecular complexity index is 1360. The van der Waals surface area contributed by atoms with Crippen molar-refractivity contribution in [2.45, 2.75) is 33.6 Å². The molecule has 8 heteroatoms. The molecular formula is C26H23Cl2N3O2S. The number of thiocarbonyl (C=S) groups is 1. The Labute approximate surface area is 214 Å². The molecular weight excluding hydrogens is 489 g/mol. The van der Waals surface area contributed by atoms with Gasteiger partial charge in [-0.1, -0.05) is 49.2 Å². The van der Waals surface area contributed by atoms with E-state index in [9.17, 15) is 9.59 Å². The lowest BCUT2D eigenvalue weighted by Gasteiger charge is -2.29. The average Bonchev–Trinajstić information content (AvgIpc) is 3.06. The Balaban J connectivity index is 1.75. The Kier molecular flexibility index (Phi) is 6.67. The molecule has 0 atom stereocenters. The largest absolute Gasteiger partial charge is 0.316 e. The van der Waals surface area contributed by atoms with E-state index < -0.39 is 11.8 Å². The lowest BCUT2D eigenvalue weighted by Crippen LogP contribution is -2.54. The summed E-state index contributed by atoms with van der Waals surface area (Å²) in [6, 6.07) is 14.7. The van der Waals surface area contributed by atoms with E-state index in [1.165, 1.54) is 4.90 Å². The van der Waals surface area contributed by atoms with Crippen molar-refractivity contribution < 1.29 is 9.59 Å². The van der Waals surface area contributed by atoms with Crippen LogP contribution in [0.25, 0.3) is 11.8 Å². The summed E-state index contributed by atoms with van der Waals surface area (Å²) in [6.45, 7) is 8.02. The first-order valence-electron chi connectivity index (χ1n) is 10.7. The van der Waals surface area contributed by atoms with E-state index in [-0.39, 0.29) is 10.7 Å². The van der Waals surface area contributed by atoms with Crippen molar-refractivity contribution in [1.82, 2.24) is 9.88 Å². The molecule has 2 heterocycles. The third-order valence-electron chi connectivity index (χ3n) is 5.84. The Hall–Kier alpha value is -2.93. The van der Waals surface area contributed by atoms with Crippen molar-refractivity contribution >= 4 is 64.1 Å². The van der Waals surface area contributed by atoms with Crippen LogP contribution < -0.4 is 10.2 Å². The number of nitrogens with one attached hydrogen (secondary N) is 1. The van der Waals surface area contributed by atoms with Gasteiger partial charge < -0.3 is 4.57 Å². The molecule has 0 spiro atoms. The number of amides is 2. The van der Waals surface area contributed by atoms with E-state index in [1.54, 1.807) is 24.3 Å². The molecule has 0 unspecified atom stereocenters. The van der Waals surface area contributed by atoms with Gasteiger partial charge in [-0.25, -0.2) is 0 Å². The van der Waals surface area contributed by atoms with Gasteiger partial charge in [-0.3, -0.25) is 19.8 Å². The van der Waals surface area contributed by atoms with E-state index in [2.05, 4.69) is 19.2 Å². The zero-order chi connectivity index (χ0) is 24.7. The summed E-state index contributed by atoms with van der Waals surface area (Å²) < 4.78 is 1.94. The number of hydrogen-bond acceptors (Lipinski definition) is 3. The minimum Gasteiger partial charge on any atom is -0.316 e. The molecule has 2 aromatic carbocycles. The number of benzene rings is 2. The SMILES string of the molecule is Cc1cc(/C=C2\C(=O)NC(=S)N(c3ccc(C(C)C)cc3)C2=O)c(C)n1-c1cc(Cl)ccc1Cl. The highest BCUT2D eigenvalue weighted by Crippen LogP contribution is 2.31. The van der Waals surface area contributed by atoms with Crippen LogP contribution in [0.15, 0.2) is 54.1 Å². The molecule has 2 amide bonds. The summed E-state index contributed by atoms with van der Waals surface area (Å²) in [5.74, 6) is -0.649. The molecule has 4 rings (SSSR count). The number of aromatic nitrogens is 1. The fraction of sp³-hybridized carbons (Fsp3) is 0.192. The maximum Gasteiger partial charge on any atom is 0.270 e. The first-order valence-corrected chi connectivity index (χ1v) is 11.9. The van der Waals surface area contributed by atoms with Gasteiger partial charge in [-0.05, 0) is 85.6 Å². The molecule has 0 aliphatic carbocycles. The molecule has 1 aromatic heterocycles. The second-order valence-electron chi connectivity index (χ2n) is 8.46. The molecule has 1 saturated heterocycles. The lowest BCUT2D eigenvalue weighted by molar-refractivity contribution is -0.122. The summed E-state index contributed by atoms with van der Waals surface area (Å²) in [7, 11) is 0. The second-order valence-corrected chi connectivity index (χ2v) is 9.69. The fourth-order valence-corrected chi connectivity index (χ4v) is 4.67. The van der Waals surface area contributed by atoms with Gasteiger partial charge in [0, 0.05) is 16.4 Å². The van der Waals surface area contributed by atoms with Gasteiger partial charge in [0.2, 0.25) is 0 Å². The van der Waals surface area contributed by atoms with Crippen LogP contribution in [0.4, 0.5) is 5.69 Å². The van der Waals surface area contributed by atoms with Gasteiger partial charge in [-0.15, -0.1) is 0 Å². The summed E-state index contributed by atoms with van der Waals surface area (Å²) in [4.78, 5) is 27.5. The Morgan fingerprint density at radius 1 is 1.00 bits per heavy atom. The number of carbonyl (C=O) groups excluding carboxylic acids is 2. The van der Waals surface area contributed by atoms with Gasteiger partial charge in [0.15, 0.2) is 5.11 Å². The zero-order valence-electron chi connectivity index (χ0n) is 19.1. The van der Waals surface area contributed by atoms with Crippen molar-refractivity contribution in [3.63, 3.8) is 0 Å². The van der Waals surface area contributed by atoms with Crippen molar-refractivity contribution in [3.8, 4) is 5.69 Å². The van der Waals surface area contributed by atoms with Gasteiger partial charge in [0.05, 0.1) is 16.4 Å². The number of rotatable bonds is 4. The maximum absolute atomic E-state index is 13.4. The number of halogens is 2. The van der Waals surface area contributed by atoms with Crippen molar-refractivity contribution in [1.29, 1.82) is 0 Å². The molecule has 174 valence electrons. The van der Waals surface area contributed by atoms with E-state index in [0.717, 1.165) is 28.2 Å². The molecule has 1 fully saturated rings. The molecule has 0 saturated carbocycles. The molecule has 34 heavy (non-hydrogen) atoms. The third kappa shape index (κ3) is 4.41. The number of anilines is 1. The quantitative estimate of drug-likeness (QED) is 0.252. The fourth-order valence-electron chi connectivity index (χ4n) is 4.02. The van der Waals surface area contributed by atoms with Crippen LogP contribution in [-0.2, 0) is 9.59 Å². The van der Waals surface area contributed by atoms with Crippen LogP contribution in [0.3, 0.4) is 0 Å². The van der Waals surface area contributed by atoms with Gasteiger partial charge in [0.25, 0.3) is 11.8 Å².